The number of hydrogen-bond donors (Lipinski definition) is 1. The van der Waals surface area contributed by atoms with E-state index in [9.17, 15) is 4.39 Å². The number of nitrogens with zero attached hydrogens (tertiary/aromatic N) is 2. The molecule has 0 radical (unpaired) electrons. The molecule has 2 aromatic heterocycles. The van der Waals surface area contributed by atoms with Crippen LogP contribution in [0, 0.1) is 5.82 Å². The van der Waals surface area contributed by atoms with Crippen LogP contribution in [0.1, 0.15) is 5.56 Å². The molecule has 0 saturated carbocycles. The second-order valence-corrected chi connectivity index (χ2v) is 6.97. The lowest BCUT2D eigenvalue weighted by Crippen LogP contribution is -2.20. The standard InChI is InChI=1S/C23H19ClFN3O/c24-21-6-7-22(23-20(21)5-2-8-28-23)29-10-9-26-13-16-11-18(15-27-14-16)17-3-1-4-19(25)12-17/h1-8,11-12,14-15,26H,9-10,13H2. The molecule has 1 N–H and O–H groups in total. The molecule has 0 aliphatic rings. The Morgan fingerprint density at radius 2 is 1.93 bits per heavy atom. The summed E-state index contributed by atoms with van der Waals surface area (Å²) in [5.41, 5.74) is 3.47. The summed E-state index contributed by atoms with van der Waals surface area (Å²) in [6, 6.07) is 15.9. The molecule has 146 valence electrons. The third-order valence-electron chi connectivity index (χ3n) is 4.50. The van der Waals surface area contributed by atoms with E-state index in [2.05, 4.69) is 15.3 Å². The van der Waals surface area contributed by atoms with Crippen LogP contribution in [-0.2, 0) is 6.54 Å². The zero-order valence-corrected chi connectivity index (χ0v) is 16.4. The van der Waals surface area contributed by atoms with Gasteiger partial charge in [0.25, 0.3) is 0 Å². The molecule has 2 aromatic carbocycles. The Labute approximate surface area is 173 Å². The van der Waals surface area contributed by atoms with Crippen LogP contribution in [0.4, 0.5) is 4.39 Å². The molecule has 4 rings (SSSR count). The van der Waals surface area contributed by atoms with E-state index in [0.29, 0.717) is 30.5 Å². The molecular formula is C23H19ClFN3O. The summed E-state index contributed by atoms with van der Waals surface area (Å²) in [6.45, 7) is 1.78. The fourth-order valence-corrected chi connectivity index (χ4v) is 3.32. The first-order chi connectivity index (χ1) is 14.2. The van der Waals surface area contributed by atoms with E-state index in [0.717, 1.165) is 27.6 Å². The number of halogens is 2. The fourth-order valence-electron chi connectivity index (χ4n) is 3.10. The summed E-state index contributed by atoms with van der Waals surface area (Å²) < 4.78 is 19.3. The zero-order valence-electron chi connectivity index (χ0n) is 15.6. The molecule has 0 aliphatic carbocycles. The van der Waals surface area contributed by atoms with Gasteiger partial charge in [0.2, 0.25) is 0 Å². The van der Waals surface area contributed by atoms with Gasteiger partial charge in [-0.05, 0) is 53.6 Å². The minimum absolute atomic E-state index is 0.257. The Morgan fingerprint density at radius 3 is 2.83 bits per heavy atom. The van der Waals surface area contributed by atoms with E-state index in [1.54, 1.807) is 24.7 Å². The molecule has 0 spiro atoms. The van der Waals surface area contributed by atoms with Gasteiger partial charge in [0, 0.05) is 42.6 Å². The van der Waals surface area contributed by atoms with Crippen LogP contribution in [0.25, 0.3) is 22.0 Å². The first kappa shape index (κ1) is 19.3. The van der Waals surface area contributed by atoms with Gasteiger partial charge in [0.15, 0.2) is 0 Å². The maximum absolute atomic E-state index is 13.4. The normalized spacial score (nSPS) is 11.0. The predicted octanol–water partition coefficient (Wildman–Crippen LogP) is 5.26. The molecule has 0 fully saturated rings. The van der Waals surface area contributed by atoms with E-state index in [4.69, 9.17) is 16.3 Å². The highest BCUT2D eigenvalue weighted by atomic mass is 35.5. The van der Waals surface area contributed by atoms with Crippen molar-refractivity contribution in [2.45, 2.75) is 6.54 Å². The lowest BCUT2D eigenvalue weighted by atomic mass is 10.1. The Kier molecular flexibility index (Phi) is 5.98. The van der Waals surface area contributed by atoms with Crippen LogP contribution in [0.2, 0.25) is 5.02 Å². The maximum Gasteiger partial charge on any atom is 0.145 e. The second-order valence-electron chi connectivity index (χ2n) is 6.56. The van der Waals surface area contributed by atoms with Gasteiger partial charge in [0.1, 0.15) is 23.7 Å². The van der Waals surface area contributed by atoms with Crippen molar-refractivity contribution >= 4 is 22.5 Å². The number of rotatable bonds is 7. The van der Waals surface area contributed by atoms with Gasteiger partial charge in [-0.2, -0.15) is 0 Å². The van der Waals surface area contributed by atoms with E-state index in [-0.39, 0.29) is 5.82 Å². The van der Waals surface area contributed by atoms with Crippen molar-refractivity contribution in [2.24, 2.45) is 0 Å². The smallest absolute Gasteiger partial charge is 0.145 e. The van der Waals surface area contributed by atoms with Crippen molar-refractivity contribution in [3.63, 3.8) is 0 Å². The highest BCUT2D eigenvalue weighted by Gasteiger charge is 2.07. The van der Waals surface area contributed by atoms with Gasteiger partial charge in [-0.15, -0.1) is 0 Å². The number of fused-ring (bicyclic) bond motifs is 1. The SMILES string of the molecule is Fc1cccc(-c2cncc(CNCCOc3ccc(Cl)c4cccnc34)c2)c1. The minimum Gasteiger partial charge on any atom is -0.490 e. The van der Waals surface area contributed by atoms with E-state index >= 15 is 0 Å². The van der Waals surface area contributed by atoms with Crippen LogP contribution in [0.3, 0.4) is 0 Å². The third kappa shape index (κ3) is 4.70. The molecule has 0 unspecified atom stereocenters. The van der Waals surface area contributed by atoms with Crippen molar-refractivity contribution in [1.82, 2.24) is 15.3 Å². The van der Waals surface area contributed by atoms with Gasteiger partial charge in [-0.25, -0.2) is 4.39 Å². The highest BCUT2D eigenvalue weighted by molar-refractivity contribution is 6.35. The van der Waals surface area contributed by atoms with E-state index < -0.39 is 0 Å². The fraction of sp³-hybridized carbons (Fsp3) is 0.130. The molecule has 0 bridgehead atoms. The van der Waals surface area contributed by atoms with Gasteiger partial charge in [0.05, 0.1) is 5.02 Å². The topological polar surface area (TPSA) is 47.0 Å². The monoisotopic (exact) mass is 407 g/mol. The average Bonchev–Trinajstić information content (AvgIpc) is 2.75. The summed E-state index contributed by atoms with van der Waals surface area (Å²) in [5, 5.41) is 4.87. The first-order valence-corrected chi connectivity index (χ1v) is 9.65. The van der Waals surface area contributed by atoms with E-state index in [1.165, 1.54) is 12.1 Å². The van der Waals surface area contributed by atoms with Gasteiger partial charge in [-0.3, -0.25) is 9.97 Å². The van der Waals surface area contributed by atoms with Crippen molar-refractivity contribution in [1.29, 1.82) is 0 Å². The van der Waals surface area contributed by atoms with Crippen LogP contribution < -0.4 is 10.1 Å². The van der Waals surface area contributed by atoms with Crippen molar-refractivity contribution in [2.75, 3.05) is 13.2 Å². The summed E-state index contributed by atoms with van der Waals surface area (Å²) in [5.74, 6) is 0.453. The maximum atomic E-state index is 13.4. The number of pyridine rings is 2. The molecule has 0 aliphatic heterocycles. The number of hydrogen-bond acceptors (Lipinski definition) is 4. The Balaban J connectivity index is 1.33. The third-order valence-corrected chi connectivity index (χ3v) is 4.83. The predicted molar refractivity (Wildman–Crippen MR) is 114 cm³/mol. The molecule has 0 atom stereocenters. The van der Waals surface area contributed by atoms with Gasteiger partial charge in [-0.1, -0.05) is 23.7 Å². The summed E-state index contributed by atoms with van der Waals surface area (Å²) >= 11 is 6.21. The minimum atomic E-state index is -0.257. The van der Waals surface area contributed by atoms with Crippen LogP contribution in [-0.4, -0.2) is 23.1 Å². The van der Waals surface area contributed by atoms with Crippen molar-refractivity contribution in [3.8, 4) is 16.9 Å². The van der Waals surface area contributed by atoms with Gasteiger partial charge < -0.3 is 10.1 Å². The van der Waals surface area contributed by atoms with Crippen LogP contribution >= 0.6 is 11.6 Å². The Bertz CT molecular complexity index is 1140. The van der Waals surface area contributed by atoms with Crippen molar-refractivity contribution in [3.05, 3.63) is 89.6 Å². The number of aromatic nitrogens is 2. The molecule has 6 heteroatoms. The quantitative estimate of drug-likeness (QED) is 0.424. The number of nitrogens with one attached hydrogen (secondary N) is 1. The highest BCUT2D eigenvalue weighted by Crippen LogP contribution is 2.29. The summed E-state index contributed by atoms with van der Waals surface area (Å²) in [6.07, 6.45) is 5.26. The average molecular weight is 408 g/mol. The molecule has 4 nitrogen and oxygen atoms in total. The first-order valence-electron chi connectivity index (χ1n) is 9.27. The Morgan fingerprint density at radius 1 is 1.00 bits per heavy atom. The molecule has 29 heavy (non-hydrogen) atoms. The second kappa shape index (κ2) is 8.99. The number of ether oxygens (including phenoxy) is 1. The van der Waals surface area contributed by atoms with Gasteiger partial charge >= 0.3 is 0 Å². The molecule has 4 aromatic rings. The lowest BCUT2D eigenvalue weighted by Gasteiger charge is -2.11. The van der Waals surface area contributed by atoms with Crippen molar-refractivity contribution < 1.29 is 9.13 Å². The summed E-state index contributed by atoms with van der Waals surface area (Å²) in [4.78, 5) is 8.63. The summed E-state index contributed by atoms with van der Waals surface area (Å²) in [7, 11) is 0. The number of benzene rings is 2. The molecular weight excluding hydrogens is 389 g/mol. The van der Waals surface area contributed by atoms with Crippen LogP contribution in [0.5, 0.6) is 5.75 Å². The van der Waals surface area contributed by atoms with E-state index in [1.807, 2.05) is 36.4 Å². The molecule has 2 heterocycles. The Hall–Kier alpha value is -3.02. The molecule has 0 saturated heterocycles. The zero-order chi connectivity index (χ0) is 20.1. The largest absolute Gasteiger partial charge is 0.490 e. The van der Waals surface area contributed by atoms with Crippen LogP contribution in [0.15, 0.2) is 73.2 Å². The molecule has 0 amide bonds. The lowest BCUT2D eigenvalue weighted by molar-refractivity contribution is 0.316.